The number of hydrogen-bond donors (Lipinski definition) is 2. The van der Waals surface area contributed by atoms with Gasteiger partial charge in [-0.2, -0.15) is 0 Å². The lowest BCUT2D eigenvalue weighted by molar-refractivity contribution is -0.157. The van der Waals surface area contributed by atoms with Crippen molar-refractivity contribution in [3.8, 4) is 0 Å². The smallest absolute Gasteiger partial charge is 0.310 e. The average molecular weight is 332 g/mol. The van der Waals surface area contributed by atoms with Gasteiger partial charge in [0, 0.05) is 26.9 Å². The highest BCUT2D eigenvalue weighted by molar-refractivity contribution is 5.90. The molecule has 24 heavy (non-hydrogen) atoms. The lowest BCUT2D eigenvalue weighted by Crippen LogP contribution is -2.50. The second-order valence-electron chi connectivity index (χ2n) is 6.66. The van der Waals surface area contributed by atoms with E-state index >= 15 is 0 Å². The molecule has 1 aliphatic carbocycles. The van der Waals surface area contributed by atoms with Crippen molar-refractivity contribution in [3.05, 3.63) is 35.9 Å². The summed E-state index contributed by atoms with van der Waals surface area (Å²) in [5, 5.41) is 12.1. The lowest BCUT2D eigenvalue weighted by Gasteiger charge is -2.37. The molecule has 2 rings (SSSR count). The van der Waals surface area contributed by atoms with Crippen LogP contribution in [0.1, 0.15) is 31.2 Å². The fourth-order valence-corrected chi connectivity index (χ4v) is 2.98. The molecule has 1 unspecified atom stereocenters. The fraction of sp³-hybridized carbons (Fsp3) is 0.500. The number of nitrogens with zero attached hydrogens (tertiary/aromatic N) is 1. The molecule has 0 radical (unpaired) electrons. The van der Waals surface area contributed by atoms with Crippen molar-refractivity contribution in [2.75, 3.05) is 14.1 Å². The van der Waals surface area contributed by atoms with E-state index in [-0.39, 0.29) is 18.2 Å². The number of carboxylic acid groups (broad SMARTS) is 1. The molecule has 6 heteroatoms. The third-order valence-corrected chi connectivity index (χ3v) is 4.62. The Balaban J connectivity index is 2.06. The Morgan fingerprint density at radius 1 is 1.21 bits per heavy atom. The first-order valence-electron chi connectivity index (χ1n) is 8.12. The molecule has 2 N–H and O–H groups in total. The van der Waals surface area contributed by atoms with Crippen molar-refractivity contribution in [2.45, 2.75) is 38.1 Å². The summed E-state index contributed by atoms with van der Waals surface area (Å²) in [4.78, 5) is 37.5. The van der Waals surface area contributed by atoms with Gasteiger partial charge in [-0.3, -0.25) is 14.4 Å². The van der Waals surface area contributed by atoms with Crippen LogP contribution in [0.15, 0.2) is 30.3 Å². The predicted molar refractivity (Wildman–Crippen MR) is 89.3 cm³/mol. The summed E-state index contributed by atoms with van der Waals surface area (Å²) in [5.74, 6) is -1.51. The van der Waals surface area contributed by atoms with Crippen LogP contribution in [0.3, 0.4) is 0 Å². The number of hydrogen-bond acceptors (Lipinski definition) is 3. The van der Waals surface area contributed by atoms with Crippen molar-refractivity contribution in [1.29, 1.82) is 0 Å². The first-order valence-corrected chi connectivity index (χ1v) is 8.12. The average Bonchev–Trinajstić information content (AvgIpc) is 2.50. The zero-order valence-corrected chi connectivity index (χ0v) is 14.1. The van der Waals surface area contributed by atoms with E-state index in [0.717, 1.165) is 12.0 Å². The topological polar surface area (TPSA) is 86.7 Å². The summed E-state index contributed by atoms with van der Waals surface area (Å²) in [5.41, 5.74) is -0.0164. The fourth-order valence-electron chi connectivity index (χ4n) is 2.98. The van der Waals surface area contributed by atoms with Gasteiger partial charge in [0.05, 0.1) is 5.41 Å². The van der Waals surface area contributed by atoms with Crippen LogP contribution in [0.2, 0.25) is 0 Å². The van der Waals surface area contributed by atoms with Gasteiger partial charge in [0.15, 0.2) is 0 Å². The normalized spacial score (nSPS) is 16.6. The van der Waals surface area contributed by atoms with Gasteiger partial charge in [-0.05, 0) is 18.4 Å². The van der Waals surface area contributed by atoms with Crippen molar-refractivity contribution < 1.29 is 19.5 Å². The Labute approximate surface area is 141 Å². The van der Waals surface area contributed by atoms with Crippen molar-refractivity contribution in [1.82, 2.24) is 10.2 Å². The third-order valence-electron chi connectivity index (χ3n) is 4.62. The molecule has 2 amide bonds. The minimum Gasteiger partial charge on any atom is -0.481 e. The standard InChI is InChI=1S/C18H24N2O4/c1-20(2)16(22)14(11-13-7-4-3-5-8-13)19-15(21)12-18(17(23)24)9-6-10-18/h3-5,7-8,14H,6,9-12H2,1-2H3,(H,19,21)(H,23,24). The highest BCUT2D eigenvalue weighted by Gasteiger charge is 2.46. The van der Waals surface area contributed by atoms with Crippen LogP contribution in [0.5, 0.6) is 0 Å². The number of rotatable bonds is 7. The Bertz CT molecular complexity index is 609. The molecule has 6 nitrogen and oxygen atoms in total. The quantitative estimate of drug-likeness (QED) is 0.791. The van der Waals surface area contributed by atoms with E-state index in [1.807, 2.05) is 30.3 Å². The second kappa shape index (κ2) is 7.47. The van der Waals surface area contributed by atoms with Crippen LogP contribution < -0.4 is 5.32 Å². The first kappa shape index (κ1) is 18.0. The second-order valence-corrected chi connectivity index (χ2v) is 6.66. The van der Waals surface area contributed by atoms with Crippen LogP contribution in [0.4, 0.5) is 0 Å². The largest absolute Gasteiger partial charge is 0.481 e. The summed E-state index contributed by atoms with van der Waals surface area (Å²) in [6.07, 6.45) is 2.16. The molecule has 1 fully saturated rings. The highest BCUT2D eigenvalue weighted by atomic mass is 16.4. The molecule has 0 spiro atoms. The number of aliphatic carboxylic acids is 1. The van der Waals surface area contributed by atoms with E-state index in [4.69, 9.17) is 0 Å². The van der Waals surface area contributed by atoms with E-state index in [1.54, 1.807) is 14.1 Å². The van der Waals surface area contributed by atoms with E-state index < -0.39 is 17.4 Å². The summed E-state index contributed by atoms with van der Waals surface area (Å²) >= 11 is 0. The third kappa shape index (κ3) is 4.13. The minimum absolute atomic E-state index is 0.0751. The molecular formula is C18H24N2O4. The Morgan fingerprint density at radius 2 is 1.83 bits per heavy atom. The molecule has 0 aliphatic heterocycles. The van der Waals surface area contributed by atoms with Gasteiger partial charge >= 0.3 is 5.97 Å². The molecular weight excluding hydrogens is 308 g/mol. The summed E-state index contributed by atoms with van der Waals surface area (Å²) in [6.45, 7) is 0. The molecule has 1 aromatic rings. The van der Waals surface area contributed by atoms with Crippen LogP contribution in [0.25, 0.3) is 0 Å². The molecule has 0 bridgehead atoms. The molecule has 0 saturated heterocycles. The maximum Gasteiger partial charge on any atom is 0.310 e. The number of benzene rings is 1. The number of carbonyl (C=O) groups excluding carboxylic acids is 2. The summed E-state index contributed by atoms with van der Waals surface area (Å²) in [6, 6.07) is 8.74. The van der Waals surface area contributed by atoms with E-state index in [0.29, 0.717) is 19.3 Å². The van der Waals surface area contributed by atoms with E-state index in [1.165, 1.54) is 4.90 Å². The van der Waals surface area contributed by atoms with E-state index in [9.17, 15) is 19.5 Å². The summed E-state index contributed by atoms with van der Waals surface area (Å²) in [7, 11) is 3.27. The molecule has 1 saturated carbocycles. The zero-order chi connectivity index (χ0) is 17.7. The van der Waals surface area contributed by atoms with Crippen molar-refractivity contribution >= 4 is 17.8 Å². The Hall–Kier alpha value is -2.37. The van der Waals surface area contributed by atoms with Crippen LogP contribution in [-0.4, -0.2) is 47.9 Å². The van der Waals surface area contributed by atoms with Gasteiger partial charge in [-0.15, -0.1) is 0 Å². The van der Waals surface area contributed by atoms with Gasteiger partial charge in [0.1, 0.15) is 6.04 Å². The maximum atomic E-state index is 12.4. The number of nitrogens with one attached hydrogen (secondary N) is 1. The maximum absolute atomic E-state index is 12.4. The van der Waals surface area contributed by atoms with Gasteiger partial charge in [-0.1, -0.05) is 36.8 Å². The molecule has 0 heterocycles. The van der Waals surface area contributed by atoms with Crippen LogP contribution in [-0.2, 0) is 20.8 Å². The predicted octanol–water partition coefficient (Wildman–Crippen LogP) is 1.45. The highest BCUT2D eigenvalue weighted by Crippen LogP contribution is 2.44. The first-order chi connectivity index (χ1) is 11.3. The van der Waals surface area contributed by atoms with Gasteiger partial charge in [-0.25, -0.2) is 0 Å². The van der Waals surface area contributed by atoms with Crippen LogP contribution >= 0.6 is 0 Å². The van der Waals surface area contributed by atoms with Gasteiger partial charge in [0.2, 0.25) is 11.8 Å². The van der Waals surface area contributed by atoms with Crippen molar-refractivity contribution in [3.63, 3.8) is 0 Å². The molecule has 1 aromatic carbocycles. The van der Waals surface area contributed by atoms with E-state index in [2.05, 4.69) is 5.32 Å². The summed E-state index contributed by atoms with van der Waals surface area (Å²) < 4.78 is 0. The van der Waals surface area contributed by atoms with Crippen molar-refractivity contribution in [2.24, 2.45) is 5.41 Å². The monoisotopic (exact) mass is 332 g/mol. The zero-order valence-electron chi connectivity index (χ0n) is 14.1. The number of carboxylic acids is 1. The van der Waals surface area contributed by atoms with Crippen LogP contribution in [0, 0.1) is 5.41 Å². The SMILES string of the molecule is CN(C)C(=O)C(Cc1ccccc1)NC(=O)CC1(C(=O)O)CCC1. The van der Waals surface area contributed by atoms with Gasteiger partial charge < -0.3 is 15.3 Å². The van der Waals surface area contributed by atoms with Gasteiger partial charge in [0.25, 0.3) is 0 Å². The number of carbonyl (C=O) groups is 3. The Morgan fingerprint density at radius 3 is 2.29 bits per heavy atom. The molecule has 1 atom stereocenters. The number of likely N-dealkylation sites (N-methyl/N-ethyl adjacent to an activating group) is 1. The number of amides is 2. The molecule has 0 aromatic heterocycles. The molecule has 1 aliphatic rings. The molecule has 130 valence electrons. The lowest BCUT2D eigenvalue weighted by atomic mass is 9.66. The minimum atomic E-state index is -0.956. The Kier molecular flexibility index (Phi) is 5.59.